The Kier molecular flexibility index (Phi) is 5.16. The number of hydrogen-bond acceptors (Lipinski definition) is 4. The molecule has 0 aliphatic heterocycles. The molecule has 1 aliphatic carbocycles. The third-order valence-electron chi connectivity index (χ3n) is 3.57. The van der Waals surface area contributed by atoms with E-state index < -0.39 is 12.0 Å². The van der Waals surface area contributed by atoms with Crippen LogP contribution in [0.1, 0.15) is 36.0 Å². The van der Waals surface area contributed by atoms with Crippen molar-refractivity contribution in [1.29, 1.82) is 0 Å². The van der Waals surface area contributed by atoms with Gasteiger partial charge in [-0.1, -0.05) is 12.5 Å². The summed E-state index contributed by atoms with van der Waals surface area (Å²) in [7, 11) is 1.63. The molecule has 21 heavy (non-hydrogen) atoms. The summed E-state index contributed by atoms with van der Waals surface area (Å²) in [5.41, 5.74) is 5.89. The van der Waals surface area contributed by atoms with Crippen LogP contribution >= 0.6 is 0 Å². The number of urea groups is 1. The Bertz CT molecular complexity index is 518. The van der Waals surface area contributed by atoms with Crippen LogP contribution < -0.4 is 11.1 Å². The van der Waals surface area contributed by atoms with Gasteiger partial charge in [0.25, 0.3) is 0 Å². The first-order valence-electron chi connectivity index (χ1n) is 7.00. The monoisotopic (exact) mass is 292 g/mol. The van der Waals surface area contributed by atoms with Crippen LogP contribution in [0.3, 0.4) is 0 Å². The van der Waals surface area contributed by atoms with Crippen LogP contribution in [0.15, 0.2) is 24.3 Å². The Labute approximate surface area is 123 Å². The molecule has 0 bridgehead atoms. The van der Waals surface area contributed by atoms with Crippen LogP contribution in [-0.4, -0.2) is 31.3 Å². The standard InChI is InChI=1S/C15H20N2O4/c1-20-12-7-2-3-8-13(12)21-14(18)10-5-4-6-11(9-10)17-15(16)19/h4-6,9,12-13H,2-3,7-8H2,1H3,(H3,16,17,19)/t12-,13-/m0/s1. The molecule has 3 N–H and O–H groups in total. The molecule has 0 aromatic heterocycles. The van der Waals surface area contributed by atoms with Crippen molar-refractivity contribution in [3.8, 4) is 0 Å². The lowest BCUT2D eigenvalue weighted by atomic mass is 9.94. The molecule has 1 aromatic rings. The summed E-state index contributed by atoms with van der Waals surface area (Å²) >= 11 is 0. The molecular formula is C15H20N2O4. The van der Waals surface area contributed by atoms with Gasteiger partial charge in [0, 0.05) is 12.8 Å². The van der Waals surface area contributed by atoms with Crippen molar-refractivity contribution in [2.24, 2.45) is 5.73 Å². The Morgan fingerprint density at radius 2 is 1.95 bits per heavy atom. The van der Waals surface area contributed by atoms with E-state index in [0.717, 1.165) is 25.7 Å². The summed E-state index contributed by atoms with van der Waals surface area (Å²) in [6.45, 7) is 0. The molecule has 0 unspecified atom stereocenters. The van der Waals surface area contributed by atoms with Crippen LogP contribution in [0, 0.1) is 0 Å². The van der Waals surface area contributed by atoms with E-state index in [-0.39, 0.29) is 12.2 Å². The van der Waals surface area contributed by atoms with Crippen molar-refractivity contribution >= 4 is 17.7 Å². The largest absolute Gasteiger partial charge is 0.456 e. The van der Waals surface area contributed by atoms with E-state index in [4.69, 9.17) is 15.2 Å². The lowest BCUT2D eigenvalue weighted by Crippen LogP contribution is -2.35. The maximum atomic E-state index is 12.2. The third-order valence-corrected chi connectivity index (χ3v) is 3.57. The summed E-state index contributed by atoms with van der Waals surface area (Å²) < 4.78 is 10.9. The Morgan fingerprint density at radius 1 is 1.24 bits per heavy atom. The van der Waals surface area contributed by atoms with Crippen molar-refractivity contribution in [2.45, 2.75) is 37.9 Å². The highest BCUT2D eigenvalue weighted by atomic mass is 16.6. The number of primary amides is 1. The fraction of sp³-hybridized carbons (Fsp3) is 0.467. The minimum Gasteiger partial charge on any atom is -0.456 e. The summed E-state index contributed by atoms with van der Waals surface area (Å²) in [5, 5.41) is 2.43. The molecule has 0 saturated heterocycles. The molecule has 1 aromatic carbocycles. The number of rotatable bonds is 4. The van der Waals surface area contributed by atoms with Gasteiger partial charge in [0.2, 0.25) is 0 Å². The van der Waals surface area contributed by atoms with Gasteiger partial charge in [0.1, 0.15) is 6.10 Å². The summed E-state index contributed by atoms with van der Waals surface area (Å²) in [6.07, 6.45) is 3.56. The first kappa shape index (κ1) is 15.3. The molecule has 114 valence electrons. The van der Waals surface area contributed by atoms with Gasteiger partial charge >= 0.3 is 12.0 Å². The van der Waals surface area contributed by atoms with Crippen LogP contribution in [0.2, 0.25) is 0 Å². The highest BCUT2D eigenvalue weighted by Crippen LogP contribution is 2.24. The average molecular weight is 292 g/mol. The number of benzene rings is 1. The van der Waals surface area contributed by atoms with Gasteiger partial charge in [-0.2, -0.15) is 0 Å². The first-order chi connectivity index (χ1) is 10.1. The maximum Gasteiger partial charge on any atom is 0.338 e. The molecule has 0 radical (unpaired) electrons. The second-order valence-corrected chi connectivity index (χ2v) is 5.07. The molecule has 6 heteroatoms. The van der Waals surface area contributed by atoms with Crippen molar-refractivity contribution in [3.63, 3.8) is 0 Å². The first-order valence-corrected chi connectivity index (χ1v) is 7.00. The maximum absolute atomic E-state index is 12.2. The van der Waals surface area contributed by atoms with Gasteiger partial charge in [-0.05, 0) is 37.5 Å². The van der Waals surface area contributed by atoms with Crippen LogP contribution in [0.5, 0.6) is 0 Å². The number of nitrogens with one attached hydrogen (secondary N) is 1. The summed E-state index contributed by atoms with van der Waals surface area (Å²) in [4.78, 5) is 23.0. The third kappa shape index (κ3) is 4.19. The van der Waals surface area contributed by atoms with E-state index in [1.165, 1.54) is 6.07 Å². The van der Waals surface area contributed by atoms with Crippen LogP contribution in [-0.2, 0) is 9.47 Å². The van der Waals surface area contributed by atoms with E-state index in [0.29, 0.717) is 11.3 Å². The van der Waals surface area contributed by atoms with Gasteiger partial charge < -0.3 is 20.5 Å². The van der Waals surface area contributed by atoms with E-state index in [2.05, 4.69) is 5.32 Å². The number of methoxy groups -OCH3 is 1. The number of carbonyl (C=O) groups is 2. The second kappa shape index (κ2) is 7.08. The van der Waals surface area contributed by atoms with Crippen LogP contribution in [0.4, 0.5) is 10.5 Å². The number of hydrogen-bond donors (Lipinski definition) is 2. The zero-order valence-corrected chi connectivity index (χ0v) is 12.0. The normalized spacial score (nSPS) is 21.6. The van der Waals surface area contributed by atoms with Gasteiger partial charge in [-0.25, -0.2) is 9.59 Å². The quantitative estimate of drug-likeness (QED) is 0.833. The number of carbonyl (C=O) groups excluding carboxylic acids is 2. The molecular weight excluding hydrogens is 272 g/mol. The smallest absolute Gasteiger partial charge is 0.338 e. The highest BCUT2D eigenvalue weighted by molar-refractivity contribution is 5.93. The summed E-state index contributed by atoms with van der Waals surface area (Å²) in [6, 6.07) is 5.82. The fourth-order valence-electron chi connectivity index (χ4n) is 2.54. The van der Waals surface area contributed by atoms with E-state index >= 15 is 0 Å². The Hall–Kier alpha value is -2.08. The van der Waals surface area contributed by atoms with Crippen molar-refractivity contribution in [1.82, 2.24) is 0 Å². The second-order valence-electron chi connectivity index (χ2n) is 5.07. The lowest BCUT2D eigenvalue weighted by Gasteiger charge is -2.29. The lowest BCUT2D eigenvalue weighted by molar-refractivity contribution is -0.0539. The minimum absolute atomic E-state index is 0.0466. The van der Waals surface area contributed by atoms with Crippen molar-refractivity contribution in [3.05, 3.63) is 29.8 Å². The molecule has 0 heterocycles. The Morgan fingerprint density at radius 3 is 2.62 bits per heavy atom. The molecule has 1 saturated carbocycles. The van der Waals surface area contributed by atoms with Gasteiger partial charge in [0.15, 0.2) is 0 Å². The van der Waals surface area contributed by atoms with Crippen LogP contribution in [0.25, 0.3) is 0 Å². The SMILES string of the molecule is CO[C@H]1CCCC[C@@H]1OC(=O)c1cccc(NC(N)=O)c1. The topological polar surface area (TPSA) is 90.7 Å². The predicted molar refractivity (Wildman–Crippen MR) is 78.1 cm³/mol. The van der Waals surface area contributed by atoms with E-state index in [9.17, 15) is 9.59 Å². The van der Waals surface area contributed by atoms with Crippen molar-refractivity contribution in [2.75, 3.05) is 12.4 Å². The number of nitrogens with two attached hydrogens (primary N) is 1. The molecule has 1 aliphatic rings. The molecule has 2 atom stereocenters. The minimum atomic E-state index is -0.674. The van der Waals surface area contributed by atoms with E-state index in [1.807, 2.05) is 0 Å². The van der Waals surface area contributed by atoms with E-state index in [1.54, 1.807) is 25.3 Å². The predicted octanol–water partition coefficient (Wildman–Crippen LogP) is 2.29. The molecule has 2 rings (SSSR count). The van der Waals surface area contributed by atoms with Gasteiger partial charge in [0.05, 0.1) is 11.7 Å². The zero-order valence-electron chi connectivity index (χ0n) is 12.0. The Balaban J connectivity index is 2.03. The zero-order chi connectivity index (χ0) is 15.2. The molecule has 0 spiro atoms. The number of esters is 1. The molecule has 6 nitrogen and oxygen atoms in total. The number of ether oxygens (including phenoxy) is 2. The summed E-state index contributed by atoms with van der Waals surface area (Å²) in [5.74, 6) is -0.419. The van der Waals surface area contributed by atoms with Gasteiger partial charge in [-0.15, -0.1) is 0 Å². The molecule has 1 fully saturated rings. The number of amides is 2. The fourth-order valence-corrected chi connectivity index (χ4v) is 2.54. The molecule has 2 amide bonds. The van der Waals surface area contributed by atoms with Crippen molar-refractivity contribution < 1.29 is 19.1 Å². The highest BCUT2D eigenvalue weighted by Gasteiger charge is 2.28. The average Bonchev–Trinajstić information content (AvgIpc) is 2.47. The van der Waals surface area contributed by atoms with Gasteiger partial charge in [-0.3, -0.25) is 0 Å². The number of anilines is 1.